The maximum Gasteiger partial charge on any atom is 0.235 e. The summed E-state index contributed by atoms with van der Waals surface area (Å²) in [4.78, 5) is 24.5. The van der Waals surface area contributed by atoms with Gasteiger partial charge in [0.15, 0.2) is 5.76 Å². The van der Waals surface area contributed by atoms with Crippen molar-refractivity contribution in [2.75, 3.05) is 7.11 Å². The van der Waals surface area contributed by atoms with Gasteiger partial charge in [0.2, 0.25) is 11.6 Å². The molecule has 1 aliphatic carbocycles. The summed E-state index contributed by atoms with van der Waals surface area (Å²) in [7, 11) is 1.56. The Kier molecular flexibility index (Phi) is 2.93. The number of benzene rings is 1. The lowest BCUT2D eigenvalue weighted by molar-refractivity contribution is -0.123. The number of aromatic nitrogens is 1. The lowest BCUT2D eigenvalue weighted by Gasteiger charge is -2.25. The molecule has 0 atom stereocenters. The Morgan fingerprint density at radius 1 is 1.29 bits per heavy atom. The quantitative estimate of drug-likeness (QED) is 0.793. The summed E-state index contributed by atoms with van der Waals surface area (Å²) in [5.41, 5.74) is 0.769. The van der Waals surface area contributed by atoms with Crippen molar-refractivity contribution in [1.29, 1.82) is 0 Å². The second-order valence-electron chi connectivity index (χ2n) is 5.78. The van der Waals surface area contributed by atoms with E-state index in [4.69, 9.17) is 9.26 Å². The van der Waals surface area contributed by atoms with E-state index in [1.807, 2.05) is 0 Å². The van der Waals surface area contributed by atoms with Gasteiger partial charge in [-0.2, -0.15) is 0 Å². The average molecular weight is 285 g/mol. The first-order valence-electron chi connectivity index (χ1n) is 6.66. The number of ketones is 2. The zero-order valence-electron chi connectivity index (χ0n) is 12.1. The van der Waals surface area contributed by atoms with Gasteiger partial charge in [-0.15, -0.1) is 0 Å². The fourth-order valence-corrected chi connectivity index (χ4v) is 2.56. The smallest absolute Gasteiger partial charge is 0.235 e. The van der Waals surface area contributed by atoms with Crippen molar-refractivity contribution in [1.82, 2.24) is 5.16 Å². The molecule has 2 aromatic rings. The maximum atomic E-state index is 12.4. The van der Waals surface area contributed by atoms with Gasteiger partial charge in [0.1, 0.15) is 5.75 Å². The van der Waals surface area contributed by atoms with Crippen LogP contribution in [0, 0.1) is 5.41 Å². The molecular weight excluding hydrogens is 270 g/mol. The lowest BCUT2D eigenvalue weighted by atomic mass is 9.74. The lowest BCUT2D eigenvalue weighted by Crippen LogP contribution is -2.38. The van der Waals surface area contributed by atoms with E-state index in [9.17, 15) is 9.59 Å². The number of hydrogen-bond acceptors (Lipinski definition) is 5. The molecule has 0 unspecified atom stereocenters. The van der Waals surface area contributed by atoms with Crippen LogP contribution in [0.2, 0.25) is 0 Å². The first kappa shape index (κ1) is 13.5. The van der Waals surface area contributed by atoms with Crippen molar-refractivity contribution >= 4 is 11.6 Å². The highest BCUT2D eigenvalue weighted by molar-refractivity contribution is 6.47. The fraction of sp³-hybridized carbons (Fsp3) is 0.312. The molecule has 3 rings (SSSR count). The molecule has 0 radical (unpaired) electrons. The highest BCUT2D eigenvalue weighted by Gasteiger charge is 2.43. The molecule has 1 aromatic carbocycles. The Labute approximate surface area is 121 Å². The van der Waals surface area contributed by atoms with Gasteiger partial charge in [-0.05, 0) is 12.1 Å². The standard InChI is InChI=1S/C16H15NO4/c1-16(2)8-11-12(13(18)15(16)19)14(21-17-11)9-5-4-6-10(7-9)20-3/h4-7H,8H2,1-3H3. The van der Waals surface area contributed by atoms with Crippen LogP contribution in [-0.4, -0.2) is 23.8 Å². The number of Topliss-reactive ketones (excluding diaryl/α,β-unsaturated/α-hetero) is 2. The summed E-state index contributed by atoms with van der Waals surface area (Å²) in [6, 6.07) is 7.13. The third kappa shape index (κ3) is 2.05. The second kappa shape index (κ2) is 4.55. The highest BCUT2D eigenvalue weighted by atomic mass is 16.5. The number of hydrogen-bond donors (Lipinski definition) is 0. The van der Waals surface area contributed by atoms with Gasteiger partial charge in [-0.1, -0.05) is 31.1 Å². The van der Waals surface area contributed by atoms with Gasteiger partial charge in [-0.25, -0.2) is 0 Å². The minimum atomic E-state index is -0.730. The molecule has 0 saturated carbocycles. The first-order chi connectivity index (χ1) is 9.94. The van der Waals surface area contributed by atoms with Gasteiger partial charge < -0.3 is 9.26 Å². The van der Waals surface area contributed by atoms with Gasteiger partial charge in [0.05, 0.1) is 18.4 Å². The predicted octanol–water partition coefficient (Wildman–Crippen LogP) is 2.68. The zero-order valence-corrected chi connectivity index (χ0v) is 12.1. The van der Waals surface area contributed by atoms with Crippen LogP contribution >= 0.6 is 0 Å². The van der Waals surface area contributed by atoms with Crippen molar-refractivity contribution in [3.05, 3.63) is 35.5 Å². The van der Waals surface area contributed by atoms with E-state index in [2.05, 4.69) is 5.16 Å². The predicted molar refractivity (Wildman–Crippen MR) is 75.3 cm³/mol. The monoisotopic (exact) mass is 285 g/mol. The fourth-order valence-electron chi connectivity index (χ4n) is 2.56. The highest BCUT2D eigenvalue weighted by Crippen LogP contribution is 2.37. The Morgan fingerprint density at radius 3 is 2.76 bits per heavy atom. The maximum absolute atomic E-state index is 12.4. The van der Waals surface area contributed by atoms with Crippen molar-refractivity contribution in [3.8, 4) is 17.1 Å². The van der Waals surface area contributed by atoms with Crippen LogP contribution in [0.4, 0.5) is 0 Å². The van der Waals surface area contributed by atoms with Crippen LogP contribution in [0.3, 0.4) is 0 Å². The van der Waals surface area contributed by atoms with Crippen molar-refractivity contribution in [2.24, 2.45) is 5.41 Å². The van der Waals surface area contributed by atoms with Crippen LogP contribution in [0.1, 0.15) is 29.9 Å². The molecule has 0 fully saturated rings. The summed E-state index contributed by atoms with van der Waals surface area (Å²) in [5.74, 6) is 0.0491. The van der Waals surface area contributed by atoms with Crippen LogP contribution < -0.4 is 4.74 Å². The van der Waals surface area contributed by atoms with E-state index in [0.717, 1.165) is 0 Å². The molecule has 5 nitrogen and oxygen atoms in total. The van der Waals surface area contributed by atoms with E-state index >= 15 is 0 Å². The summed E-state index contributed by atoms with van der Waals surface area (Å²) in [6.45, 7) is 3.49. The Morgan fingerprint density at radius 2 is 2.05 bits per heavy atom. The molecule has 0 N–H and O–H groups in total. The van der Waals surface area contributed by atoms with Crippen molar-refractivity contribution in [2.45, 2.75) is 20.3 Å². The van der Waals surface area contributed by atoms with Crippen LogP contribution in [0.5, 0.6) is 5.75 Å². The molecule has 1 aromatic heterocycles. The van der Waals surface area contributed by atoms with Gasteiger partial charge in [0, 0.05) is 17.4 Å². The topological polar surface area (TPSA) is 69.4 Å². The molecule has 1 aliphatic rings. The minimum absolute atomic E-state index is 0.285. The Hall–Kier alpha value is -2.43. The SMILES string of the molecule is COc1cccc(-c2onc3c2C(=O)C(=O)C(C)(C)C3)c1. The number of nitrogens with zero attached hydrogens (tertiary/aromatic N) is 1. The van der Waals surface area contributed by atoms with Crippen LogP contribution in [0.15, 0.2) is 28.8 Å². The van der Waals surface area contributed by atoms with E-state index < -0.39 is 17.0 Å². The minimum Gasteiger partial charge on any atom is -0.497 e. The summed E-state index contributed by atoms with van der Waals surface area (Å²) in [5, 5.41) is 3.98. The number of ether oxygens (including phenoxy) is 1. The van der Waals surface area contributed by atoms with Crippen molar-refractivity contribution < 1.29 is 18.8 Å². The molecule has 0 saturated heterocycles. The molecule has 5 heteroatoms. The van der Waals surface area contributed by atoms with E-state index in [0.29, 0.717) is 29.2 Å². The Bertz CT molecular complexity index is 742. The van der Waals surface area contributed by atoms with E-state index in [1.165, 1.54) is 0 Å². The number of fused-ring (bicyclic) bond motifs is 1. The van der Waals surface area contributed by atoms with Crippen LogP contribution in [-0.2, 0) is 11.2 Å². The van der Waals surface area contributed by atoms with Gasteiger partial charge in [0.25, 0.3) is 0 Å². The van der Waals surface area contributed by atoms with E-state index in [1.54, 1.807) is 45.2 Å². The molecule has 108 valence electrons. The average Bonchev–Trinajstić information content (AvgIpc) is 2.88. The molecule has 0 spiro atoms. The zero-order chi connectivity index (χ0) is 15.2. The third-order valence-corrected chi connectivity index (χ3v) is 3.75. The van der Waals surface area contributed by atoms with Gasteiger partial charge in [-0.3, -0.25) is 9.59 Å². The molecular formula is C16H15NO4. The number of carbonyl (C=O) groups is 2. The molecule has 0 bridgehead atoms. The second-order valence-corrected chi connectivity index (χ2v) is 5.78. The number of carbonyl (C=O) groups excluding carboxylic acids is 2. The number of rotatable bonds is 2. The van der Waals surface area contributed by atoms with Crippen LogP contribution in [0.25, 0.3) is 11.3 Å². The Balaban J connectivity index is 2.14. The largest absolute Gasteiger partial charge is 0.497 e. The van der Waals surface area contributed by atoms with E-state index in [-0.39, 0.29) is 5.56 Å². The molecule has 0 amide bonds. The summed E-state index contributed by atoms with van der Waals surface area (Å²) in [6.07, 6.45) is 0.403. The number of methoxy groups -OCH3 is 1. The van der Waals surface area contributed by atoms with Crippen molar-refractivity contribution in [3.63, 3.8) is 0 Å². The van der Waals surface area contributed by atoms with Gasteiger partial charge >= 0.3 is 0 Å². The summed E-state index contributed by atoms with van der Waals surface area (Å²) < 4.78 is 10.5. The summed E-state index contributed by atoms with van der Waals surface area (Å²) >= 11 is 0. The normalized spacial score (nSPS) is 16.7. The first-order valence-corrected chi connectivity index (χ1v) is 6.66. The molecule has 1 heterocycles. The third-order valence-electron chi connectivity index (χ3n) is 3.75. The molecule has 0 aliphatic heterocycles. The molecule has 21 heavy (non-hydrogen) atoms.